The number of benzene rings is 1. The Labute approximate surface area is 189 Å². The maximum absolute atomic E-state index is 11.8. The molecule has 172 valence electrons. The monoisotopic (exact) mass is 438 g/mol. The Hall–Kier alpha value is -2.56. The molecule has 0 saturated heterocycles. The molecule has 32 heavy (non-hydrogen) atoms. The number of hydrogen-bond donors (Lipinski definition) is 0. The fourth-order valence-corrected chi connectivity index (χ4v) is 6.38. The molecule has 0 radical (unpaired) electrons. The van der Waals surface area contributed by atoms with Gasteiger partial charge in [0.1, 0.15) is 17.4 Å². The van der Waals surface area contributed by atoms with Crippen LogP contribution in [-0.4, -0.2) is 18.7 Å². The van der Waals surface area contributed by atoms with E-state index in [-0.39, 0.29) is 39.9 Å². The van der Waals surface area contributed by atoms with Crippen molar-refractivity contribution in [2.75, 3.05) is 6.61 Å². The summed E-state index contributed by atoms with van der Waals surface area (Å²) in [4.78, 5) is 23.3. The summed E-state index contributed by atoms with van der Waals surface area (Å²) in [5.74, 6) is 0.652. The lowest BCUT2D eigenvalue weighted by molar-refractivity contribution is -0.207. The van der Waals surface area contributed by atoms with Gasteiger partial charge in [0.2, 0.25) is 0 Å². The van der Waals surface area contributed by atoms with Gasteiger partial charge >= 0.3 is 11.6 Å². The van der Waals surface area contributed by atoms with Gasteiger partial charge in [-0.3, -0.25) is 4.79 Å². The predicted octanol–water partition coefficient (Wildman–Crippen LogP) is 5.90. The minimum absolute atomic E-state index is 0.0358. The zero-order valence-corrected chi connectivity index (χ0v) is 19.8. The Kier molecular flexibility index (Phi) is 5.51. The van der Waals surface area contributed by atoms with Crippen LogP contribution in [0.4, 0.5) is 0 Å². The number of rotatable bonds is 4. The van der Waals surface area contributed by atoms with Crippen molar-refractivity contribution in [1.82, 2.24) is 0 Å². The standard InChI is InChI=1S/C27H34O5/c1-17-11-14-27(6)25(3,4)23(31-18(2)28)12-13-26(27,5)21(17)16-30-20-9-7-19-8-10-24(29)32-22(19)15-20/h7-10,15,21,23H,1,11-14,16H2,2-6H3/t21-,23-,26+,27+/m0/s1. The molecule has 0 aliphatic heterocycles. The van der Waals surface area contributed by atoms with Gasteiger partial charge in [0.25, 0.3) is 0 Å². The lowest BCUT2D eigenvalue weighted by Crippen LogP contribution is -2.63. The summed E-state index contributed by atoms with van der Waals surface area (Å²) >= 11 is 0. The maximum Gasteiger partial charge on any atom is 0.336 e. The van der Waals surface area contributed by atoms with E-state index >= 15 is 0 Å². The van der Waals surface area contributed by atoms with E-state index in [0.29, 0.717) is 17.9 Å². The first-order valence-electron chi connectivity index (χ1n) is 11.5. The first kappa shape index (κ1) is 22.6. The average Bonchev–Trinajstić information content (AvgIpc) is 2.72. The van der Waals surface area contributed by atoms with Crippen molar-refractivity contribution < 1.29 is 18.7 Å². The molecule has 1 aromatic heterocycles. The van der Waals surface area contributed by atoms with E-state index in [1.807, 2.05) is 12.1 Å². The molecule has 5 nitrogen and oxygen atoms in total. The Bertz CT molecular complexity index is 1110. The van der Waals surface area contributed by atoms with E-state index in [1.54, 1.807) is 12.1 Å². The number of fused-ring (bicyclic) bond motifs is 2. The van der Waals surface area contributed by atoms with Crippen molar-refractivity contribution in [2.45, 2.75) is 66.4 Å². The van der Waals surface area contributed by atoms with Gasteiger partial charge in [0, 0.05) is 35.8 Å². The Morgan fingerprint density at radius 1 is 1.16 bits per heavy atom. The molecule has 0 N–H and O–H groups in total. The molecule has 0 bridgehead atoms. The molecular weight excluding hydrogens is 404 g/mol. The van der Waals surface area contributed by atoms with Crippen LogP contribution in [0, 0.1) is 22.2 Å². The summed E-state index contributed by atoms with van der Waals surface area (Å²) in [5, 5.41) is 0.865. The molecule has 2 aliphatic rings. The molecule has 2 aromatic rings. The third-order valence-electron chi connectivity index (χ3n) is 8.94. The van der Waals surface area contributed by atoms with Crippen molar-refractivity contribution in [2.24, 2.45) is 22.2 Å². The van der Waals surface area contributed by atoms with E-state index < -0.39 is 0 Å². The highest BCUT2D eigenvalue weighted by Crippen LogP contribution is 2.68. The van der Waals surface area contributed by atoms with Gasteiger partial charge in [0.15, 0.2) is 0 Å². The van der Waals surface area contributed by atoms with Gasteiger partial charge in [-0.15, -0.1) is 0 Å². The van der Waals surface area contributed by atoms with Gasteiger partial charge in [-0.25, -0.2) is 4.79 Å². The van der Waals surface area contributed by atoms with Crippen LogP contribution in [0.3, 0.4) is 0 Å². The normalized spacial score (nSPS) is 31.7. The predicted molar refractivity (Wildman–Crippen MR) is 125 cm³/mol. The van der Waals surface area contributed by atoms with Crippen molar-refractivity contribution in [3.8, 4) is 5.75 Å². The van der Waals surface area contributed by atoms with Gasteiger partial charge in [-0.2, -0.15) is 0 Å². The second kappa shape index (κ2) is 7.79. The number of esters is 1. The van der Waals surface area contributed by atoms with Crippen LogP contribution >= 0.6 is 0 Å². The topological polar surface area (TPSA) is 65.7 Å². The van der Waals surface area contributed by atoms with Crippen LogP contribution in [0.1, 0.15) is 60.3 Å². The number of carbonyl (C=O) groups is 1. The summed E-state index contributed by atoms with van der Waals surface area (Å²) in [7, 11) is 0. The zero-order valence-electron chi connectivity index (χ0n) is 19.8. The van der Waals surface area contributed by atoms with Crippen LogP contribution in [-0.2, 0) is 9.53 Å². The molecule has 2 fully saturated rings. The first-order valence-corrected chi connectivity index (χ1v) is 11.5. The molecule has 5 heteroatoms. The highest BCUT2D eigenvalue weighted by molar-refractivity contribution is 5.77. The molecule has 2 aliphatic carbocycles. The summed E-state index contributed by atoms with van der Waals surface area (Å²) in [6.07, 6.45) is 3.65. The largest absolute Gasteiger partial charge is 0.493 e. The van der Waals surface area contributed by atoms with E-state index in [1.165, 1.54) is 18.6 Å². The lowest BCUT2D eigenvalue weighted by Gasteiger charge is -2.66. The highest BCUT2D eigenvalue weighted by Gasteiger charge is 2.64. The van der Waals surface area contributed by atoms with E-state index in [9.17, 15) is 9.59 Å². The Morgan fingerprint density at radius 2 is 1.88 bits per heavy atom. The van der Waals surface area contributed by atoms with Crippen molar-refractivity contribution in [3.63, 3.8) is 0 Å². The maximum atomic E-state index is 11.8. The van der Waals surface area contributed by atoms with Crippen molar-refractivity contribution in [1.29, 1.82) is 0 Å². The second-order valence-electron chi connectivity index (χ2n) is 10.6. The zero-order chi connectivity index (χ0) is 23.3. The van der Waals surface area contributed by atoms with Gasteiger partial charge in [-0.1, -0.05) is 39.8 Å². The molecule has 1 heterocycles. The molecule has 2 saturated carbocycles. The van der Waals surface area contributed by atoms with Crippen LogP contribution in [0.5, 0.6) is 5.75 Å². The van der Waals surface area contributed by atoms with Gasteiger partial charge in [-0.05, 0) is 54.7 Å². The number of carbonyl (C=O) groups excluding carboxylic acids is 1. The van der Waals surface area contributed by atoms with Crippen LogP contribution in [0.2, 0.25) is 0 Å². The molecule has 4 atom stereocenters. The smallest absolute Gasteiger partial charge is 0.336 e. The molecule has 4 rings (SSSR count). The van der Waals surface area contributed by atoms with Gasteiger partial charge < -0.3 is 13.9 Å². The van der Waals surface area contributed by atoms with Crippen molar-refractivity contribution >= 4 is 16.9 Å². The first-order chi connectivity index (χ1) is 15.0. The Balaban J connectivity index is 1.61. The average molecular weight is 439 g/mol. The second-order valence-corrected chi connectivity index (χ2v) is 10.6. The van der Waals surface area contributed by atoms with E-state index in [2.05, 4.69) is 34.3 Å². The number of ether oxygens (including phenoxy) is 2. The van der Waals surface area contributed by atoms with Crippen molar-refractivity contribution in [3.05, 3.63) is 52.9 Å². The summed E-state index contributed by atoms with van der Waals surface area (Å²) in [6.45, 7) is 15.6. The molecule has 0 spiro atoms. The summed E-state index contributed by atoms with van der Waals surface area (Å²) in [5.41, 5.74) is 1.13. The SMILES string of the molecule is C=C1CC[C@]2(C)C(C)(C)[C@@H](OC(C)=O)CC[C@]2(C)[C@H]1COc1ccc2ccc(=O)oc2c1. The minimum atomic E-state index is -0.370. The van der Waals surface area contributed by atoms with Crippen LogP contribution < -0.4 is 10.4 Å². The molecule has 1 aromatic carbocycles. The summed E-state index contributed by atoms with van der Waals surface area (Å²) < 4.78 is 17.4. The van der Waals surface area contributed by atoms with E-state index in [0.717, 1.165) is 31.1 Å². The fraction of sp³-hybridized carbons (Fsp3) is 0.556. The van der Waals surface area contributed by atoms with E-state index in [4.69, 9.17) is 13.9 Å². The summed E-state index contributed by atoms with van der Waals surface area (Å²) in [6, 6.07) is 8.78. The highest BCUT2D eigenvalue weighted by atomic mass is 16.5. The molecule has 0 unspecified atom stereocenters. The lowest BCUT2D eigenvalue weighted by atomic mass is 9.39. The molecular formula is C27H34O5. The van der Waals surface area contributed by atoms with Crippen LogP contribution in [0.25, 0.3) is 11.0 Å². The third-order valence-corrected chi connectivity index (χ3v) is 8.94. The van der Waals surface area contributed by atoms with Crippen LogP contribution in [0.15, 0.2) is 51.7 Å². The Morgan fingerprint density at radius 3 is 2.59 bits per heavy atom. The number of hydrogen-bond acceptors (Lipinski definition) is 5. The quantitative estimate of drug-likeness (QED) is 0.338. The fourth-order valence-electron chi connectivity index (χ4n) is 6.38. The minimum Gasteiger partial charge on any atom is -0.493 e. The van der Waals surface area contributed by atoms with Gasteiger partial charge in [0.05, 0.1) is 6.61 Å². The molecule has 0 amide bonds. The third kappa shape index (κ3) is 3.46.